The van der Waals surface area contributed by atoms with Crippen molar-refractivity contribution in [3.05, 3.63) is 0 Å². The summed E-state index contributed by atoms with van der Waals surface area (Å²) in [7, 11) is 0. The van der Waals surface area contributed by atoms with E-state index in [1.165, 1.54) is 38.8 Å². The first-order valence-corrected chi connectivity index (χ1v) is 8.51. The molecule has 0 bridgehead atoms. The van der Waals surface area contributed by atoms with Crippen molar-refractivity contribution in [2.24, 2.45) is 11.7 Å². The lowest BCUT2D eigenvalue weighted by molar-refractivity contribution is -0.122. The van der Waals surface area contributed by atoms with Gasteiger partial charge in [-0.2, -0.15) is 0 Å². The number of hydrogen-bond donors (Lipinski definition) is 2. The number of nitrogens with one attached hydrogen (secondary N) is 1. The zero-order chi connectivity index (χ0) is 13.9. The average Bonchev–Trinajstić information content (AvgIpc) is 3.03. The van der Waals surface area contributed by atoms with Crippen LogP contribution < -0.4 is 11.1 Å². The highest BCUT2D eigenvalue weighted by molar-refractivity contribution is 5.76. The van der Waals surface area contributed by atoms with E-state index >= 15 is 0 Å². The van der Waals surface area contributed by atoms with Crippen LogP contribution in [0.15, 0.2) is 0 Å². The molecule has 3 aliphatic rings. The van der Waals surface area contributed by atoms with E-state index in [4.69, 9.17) is 5.73 Å². The second kappa shape index (κ2) is 6.44. The Hall–Kier alpha value is -0.610. The maximum atomic E-state index is 12.1. The van der Waals surface area contributed by atoms with Crippen LogP contribution in [-0.2, 0) is 4.79 Å². The van der Waals surface area contributed by atoms with Gasteiger partial charge in [0, 0.05) is 31.1 Å². The predicted molar refractivity (Wildman–Crippen MR) is 80.3 cm³/mol. The van der Waals surface area contributed by atoms with Crippen LogP contribution in [0.2, 0.25) is 0 Å². The minimum atomic E-state index is 0.277. The van der Waals surface area contributed by atoms with Gasteiger partial charge in [-0.05, 0) is 63.8 Å². The molecule has 2 saturated heterocycles. The highest BCUT2D eigenvalue weighted by atomic mass is 16.1. The molecule has 114 valence electrons. The molecule has 4 nitrogen and oxygen atoms in total. The highest BCUT2D eigenvalue weighted by Gasteiger charge is 2.37. The van der Waals surface area contributed by atoms with E-state index in [0.717, 1.165) is 31.6 Å². The van der Waals surface area contributed by atoms with Gasteiger partial charge in [-0.1, -0.05) is 0 Å². The van der Waals surface area contributed by atoms with E-state index in [1.54, 1.807) is 0 Å². The number of fused-ring (bicyclic) bond motifs is 1. The van der Waals surface area contributed by atoms with Gasteiger partial charge in [-0.15, -0.1) is 0 Å². The van der Waals surface area contributed by atoms with E-state index < -0.39 is 0 Å². The molecule has 20 heavy (non-hydrogen) atoms. The van der Waals surface area contributed by atoms with Crippen molar-refractivity contribution in [1.29, 1.82) is 0 Å². The second-order valence-electron chi connectivity index (χ2n) is 7.03. The molecule has 4 heteroatoms. The van der Waals surface area contributed by atoms with E-state index in [0.29, 0.717) is 24.5 Å². The first kappa shape index (κ1) is 14.3. The summed E-state index contributed by atoms with van der Waals surface area (Å²) in [4.78, 5) is 14.7. The monoisotopic (exact) mass is 279 g/mol. The Balaban J connectivity index is 1.37. The van der Waals surface area contributed by atoms with Crippen molar-refractivity contribution in [1.82, 2.24) is 10.2 Å². The molecule has 3 N–H and O–H groups in total. The zero-order valence-electron chi connectivity index (χ0n) is 12.5. The van der Waals surface area contributed by atoms with E-state index in [1.807, 2.05) is 0 Å². The van der Waals surface area contributed by atoms with Gasteiger partial charge >= 0.3 is 0 Å². The molecule has 0 aromatic heterocycles. The topological polar surface area (TPSA) is 58.4 Å². The highest BCUT2D eigenvalue weighted by Crippen LogP contribution is 2.29. The van der Waals surface area contributed by atoms with Crippen molar-refractivity contribution in [3.8, 4) is 0 Å². The number of carbonyl (C=O) groups is 1. The zero-order valence-corrected chi connectivity index (χ0v) is 12.5. The summed E-state index contributed by atoms with van der Waals surface area (Å²) < 4.78 is 0. The second-order valence-corrected chi connectivity index (χ2v) is 7.03. The Labute approximate surface area is 122 Å². The standard InChI is InChI=1S/C16H29N3O/c17-13-6-3-12(4-7-13)5-8-16(20)18-14-9-11-19-10-1-2-15(14)19/h12-15H,1-11,17H2,(H,18,20). The first-order valence-electron chi connectivity index (χ1n) is 8.51. The number of carbonyl (C=O) groups excluding carboxylic acids is 1. The molecule has 1 aliphatic carbocycles. The van der Waals surface area contributed by atoms with Gasteiger partial charge in [0.1, 0.15) is 0 Å². The maximum absolute atomic E-state index is 12.1. The van der Waals surface area contributed by atoms with Crippen molar-refractivity contribution in [2.45, 2.75) is 75.9 Å². The Morgan fingerprint density at radius 1 is 1.10 bits per heavy atom. The lowest BCUT2D eigenvalue weighted by Crippen LogP contribution is -2.42. The van der Waals surface area contributed by atoms with E-state index in [2.05, 4.69) is 10.2 Å². The number of nitrogens with two attached hydrogens (primary N) is 1. The third-order valence-electron chi connectivity index (χ3n) is 5.62. The van der Waals surface area contributed by atoms with Crippen LogP contribution in [0.3, 0.4) is 0 Å². The molecule has 2 heterocycles. The summed E-state index contributed by atoms with van der Waals surface area (Å²) in [5, 5.41) is 3.29. The van der Waals surface area contributed by atoms with Crippen LogP contribution in [0.4, 0.5) is 0 Å². The molecule has 3 fully saturated rings. The summed E-state index contributed by atoms with van der Waals surface area (Å²) in [6.07, 6.45) is 10.2. The third-order valence-corrected chi connectivity index (χ3v) is 5.62. The molecular formula is C16H29N3O. The van der Waals surface area contributed by atoms with Crippen molar-refractivity contribution in [2.75, 3.05) is 13.1 Å². The van der Waals surface area contributed by atoms with Gasteiger partial charge in [0.15, 0.2) is 0 Å². The molecule has 1 saturated carbocycles. The van der Waals surface area contributed by atoms with Crippen molar-refractivity contribution >= 4 is 5.91 Å². The van der Waals surface area contributed by atoms with Gasteiger partial charge in [0.05, 0.1) is 0 Å². The van der Waals surface area contributed by atoms with Crippen LogP contribution >= 0.6 is 0 Å². The van der Waals surface area contributed by atoms with E-state index in [-0.39, 0.29) is 5.91 Å². The summed E-state index contributed by atoms with van der Waals surface area (Å²) in [6.45, 7) is 2.41. The first-order chi connectivity index (χ1) is 9.72. The number of amides is 1. The molecule has 0 radical (unpaired) electrons. The average molecular weight is 279 g/mol. The minimum absolute atomic E-state index is 0.277. The molecule has 2 aliphatic heterocycles. The summed E-state index contributed by atoms with van der Waals surface area (Å²) in [6, 6.07) is 1.46. The van der Waals surface area contributed by atoms with Gasteiger partial charge in [0.2, 0.25) is 5.91 Å². The molecular weight excluding hydrogens is 250 g/mol. The van der Waals surface area contributed by atoms with Gasteiger partial charge in [-0.25, -0.2) is 0 Å². The summed E-state index contributed by atoms with van der Waals surface area (Å²) in [5.74, 6) is 1.01. The van der Waals surface area contributed by atoms with Gasteiger partial charge in [-0.3, -0.25) is 9.69 Å². The van der Waals surface area contributed by atoms with Crippen LogP contribution in [0.5, 0.6) is 0 Å². The molecule has 0 spiro atoms. The molecule has 0 aromatic rings. The predicted octanol–water partition coefficient (Wildman–Crippen LogP) is 1.64. The molecule has 0 aromatic carbocycles. The Morgan fingerprint density at radius 3 is 2.70 bits per heavy atom. The minimum Gasteiger partial charge on any atom is -0.352 e. The SMILES string of the molecule is NC1CCC(CCC(=O)NC2CCN3CCCC23)CC1. The quantitative estimate of drug-likeness (QED) is 0.822. The van der Waals surface area contributed by atoms with Crippen LogP contribution in [-0.4, -0.2) is 42.0 Å². The Kier molecular flexibility index (Phi) is 4.61. The van der Waals surface area contributed by atoms with Crippen LogP contribution in [0, 0.1) is 5.92 Å². The summed E-state index contributed by atoms with van der Waals surface area (Å²) in [5.41, 5.74) is 5.93. The third kappa shape index (κ3) is 3.34. The van der Waals surface area contributed by atoms with Crippen molar-refractivity contribution < 1.29 is 4.79 Å². The molecule has 3 rings (SSSR count). The molecule has 2 atom stereocenters. The maximum Gasteiger partial charge on any atom is 0.220 e. The van der Waals surface area contributed by atoms with Gasteiger partial charge in [0.25, 0.3) is 0 Å². The Bertz CT molecular complexity index is 339. The Morgan fingerprint density at radius 2 is 1.90 bits per heavy atom. The van der Waals surface area contributed by atoms with Gasteiger partial charge < -0.3 is 11.1 Å². The summed E-state index contributed by atoms with van der Waals surface area (Å²) >= 11 is 0. The normalized spacial score (nSPS) is 37.9. The van der Waals surface area contributed by atoms with Crippen LogP contribution in [0.1, 0.15) is 57.8 Å². The largest absolute Gasteiger partial charge is 0.352 e. The number of nitrogens with zero attached hydrogens (tertiary/aromatic N) is 1. The fourth-order valence-corrected chi connectivity index (χ4v) is 4.34. The van der Waals surface area contributed by atoms with E-state index in [9.17, 15) is 4.79 Å². The lowest BCUT2D eigenvalue weighted by atomic mass is 9.84. The van der Waals surface area contributed by atoms with Crippen molar-refractivity contribution in [3.63, 3.8) is 0 Å². The molecule has 1 amide bonds. The number of rotatable bonds is 4. The fourth-order valence-electron chi connectivity index (χ4n) is 4.34. The van der Waals surface area contributed by atoms with Crippen LogP contribution in [0.25, 0.3) is 0 Å². The molecule has 2 unspecified atom stereocenters. The lowest BCUT2D eigenvalue weighted by Gasteiger charge is -2.26. The smallest absolute Gasteiger partial charge is 0.220 e. The fraction of sp³-hybridized carbons (Fsp3) is 0.938. The number of hydrogen-bond acceptors (Lipinski definition) is 3.